The summed E-state index contributed by atoms with van der Waals surface area (Å²) in [4.78, 5) is 11.9. The molecule has 0 fully saturated rings. The van der Waals surface area contributed by atoms with Gasteiger partial charge < -0.3 is 9.84 Å². The molecule has 2 aromatic rings. The molecular weight excluding hydrogens is 264 g/mol. The minimum Gasteiger partial charge on any atom is -0.496 e. The molecule has 0 atom stereocenters. The number of aromatic carboxylic acids is 1. The minimum absolute atomic E-state index is 0.0709. The summed E-state index contributed by atoms with van der Waals surface area (Å²) in [5.41, 5.74) is 2.56. The molecule has 1 aromatic heterocycles. The number of hydrogen-bond donors (Lipinski definition) is 2. The van der Waals surface area contributed by atoms with Crippen LogP contribution in [0.1, 0.15) is 16.1 Å². The maximum Gasteiger partial charge on any atom is 0.353 e. The number of benzene rings is 1. The van der Waals surface area contributed by atoms with Crippen molar-refractivity contribution in [1.82, 2.24) is 10.2 Å². The van der Waals surface area contributed by atoms with Crippen molar-refractivity contribution in [3.8, 4) is 17.0 Å². The first-order valence-corrected chi connectivity index (χ1v) is 6.81. The smallest absolute Gasteiger partial charge is 0.353 e. The molecule has 0 bridgehead atoms. The van der Waals surface area contributed by atoms with Crippen LogP contribution in [-0.4, -0.2) is 34.6 Å². The standard InChI is InChI=1S/C13H14N2O3S/c1-7-4-12(19-3)8(5-11(7)18-2)9-6-10(13(16)17)15-14-9/h4-6H,1-3H3,(H,14,15)(H,16,17). The molecule has 1 heterocycles. The van der Waals surface area contributed by atoms with E-state index in [1.165, 1.54) is 6.07 Å². The predicted molar refractivity (Wildman–Crippen MR) is 74.1 cm³/mol. The summed E-state index contributed by atoms with van der Waals surface area (Å²) in [6, 6.07) is 5.41. The average molecular weight is 278 g/mol. The van der Waals surface area contributed by atoms with E-state index in [1.54, 1.807) is 18.9 Å². The Bertz CT molecular complexity index is 622. The summed E-state index contributed by atoms with van der Waals surface area (Å²) in [5.74, 6) is -0.267. The van der Waals surface area contributed by atoms with Crippen LogP contribution >= 0.6 is 11.8 Å². The van der Waals surface area contributed by atoms with Gasteiger partial charge in [0.2, 0.25) is 0 Å². The van der Waals surface area contributed by atoms with Gasteiger partial charge in [0.25, 0.3) is 0 Å². The number of aryl methyl sites for hydroxylation is 1. The van der Waals surface area contributed by atoms with Gasteiger partial charge in [-0.3, -0.25) is 5.10 Å². The Labute approximate surface area is 115 Å². The number of nitrogens with one attached hydrogen (secondary N) is 1. The molecule has 2 rings (SSSR count). The monoisotopic (exact) mass is 278 g/mol. The lowest BCUT2D eigenvalue weighted by Crippen LogP contribution is -1.95. The summed E-state index contributed by atoms with van der Waals surface area (Å²) in [5, 5.41) is 15.5. The van der Waals surface area contributed by atoms with Crippen molar-refractivity contribution in [2.45, 2.75) is 11.8 Å². The van der Waals surface area contributed by atoms with E-state index in [9.17, 15) is 4.79 Å². The molecule has 0 amide bonds. The Morgan fingerprint density at radius 3 is 2.68 bits per heavy atom. The molecule has 100 valence electrons. The quantitative estimate of drug-likeness (QED) is 0.841. The highest BCUT2D eigenvalue weighted by Gasteiger charge is 2.14. The predicted octanol–water partition coefficient (Wildman–Crippen LogP) is 2.81. The minimum atomic E-state index is -1.02. The van der Waals surface area contributed by atoms with Gasteiger partial charge in [-0.15, -0.1) is 11.8 Å². The van der Waals surface area contributed by atoms with E-state index in [2.05, 4.69) is 10.2 Å². The molecule has 19 heavy (non-hydrogen) atoms. The molecule has 0 saturated heterocycles. The van der Waals surface area contributed by atoms with E-state index in [4.69, 9.17) is 9.84 Å². The number of aromatic nitrogens is 2. The summed E-state index contributed by atoms with van der Waals surface area (Å²) in [6.45, 7) is 1.97. The van der Waals surface area contributed by atoms with Crippen LogP contribution in [0.4, 0.5) is 0 Å². The largest absolute Gasteiger partial charge is 0.496 e. The number of aromatic amines is 1. The van der Waals surface area contributed by atoms with Crippen molar-refractivity contribution >= 4 is 17.7 Å². The fraction of sp³-hybridized carbons (Fsp3) is 0.231. The van der Waals surface area contributed by atoms with E-state index < -0.39 is 5.97 Å². The molecule has 1 aromatic carbocycles. The second-order valence-electron chi connectivity index (χ2n) is 3.99. The molecule has 0 aliphatic rings. The summed E-state index contributed by atoms with van der Waals surface area (Å²) in [6.07, 6.45) is 1.97. The van der Waals surface area contributed by atoms with E-state index in [1.807, 2.05) is 25.3 Å². The summed E-state index contributed by atoms with van der Waals surface area (Å²) >= 11 is 1.58. The lowest BCUT2D eigenvalue weighted by atomic mass is 10.1. The first-order valence-electron chi connectivity index (χ1n) is 5.58. The lowest BCUT2D eigenvalue weighted by molar-refractivity contribution is 0.0690. The number of thioether (sulfide) groups is 1. The molecule has 0 spiro atoms. The van der Waals surface area contributed by atoms with Crippen molar-refractivity contribution < 1.29 is 14.6 Å². The van der Waals surface area contributed by atoms with Crippen LogP contribution in [0.5, 0.6) is 5.75 Å². The van der Waals surface area contributed by atoms with Gasteiger partial charge in [-0.25, -0.2) is 4.79 Å². The van der Waals surface area contributed by atoms with Gasteiger partial charge in [-0.2, -0.15) is 5.10 Å². The van der Waals surface area contributed by atoms with E-state index >= 15 is 0 Å². The Morgan fingerprint density at radius 1 is 1.42 bits per heavy atom. The van der Waals surface area contributed by atoms with Crippen LogP contribution in [0.15, 0.2) is 23.1 Å². The van der Waals surface area contributed by atoms with Crippen LogP contribution in [0.25, 0.3) is 11.3 Å². The molecule has 5 nitrogen and oxygen atoms in total. The third-order valence-electron chi connectivity index (χ3n) is 2.80. The van der Waals surface area contributed by atoms with Gasteiger partial charge in [-0.05, 0) is 36.9 Å². The maximum atomic E-state index is 10.9. The molecule has 2 N–H and O–H groups in total. The maximum absolute atomic E-state index is 10.9. The first-order chi connectivity index (χ1) is 9.06. The van der Waals surface area contributed by atoms with Crippen LogP contribution in [0, 0.1) is 6.92 Å². The number of methoxy groups -OCH3 is 1. The molecule has 6 heteroatoms. The molecule has 0 radical (unpaired) electrons. The molecular formula is C13H14N2O3S. The van der Waals surface area contributed by atoms with Crippen molar-refractivity contribution in [3.05, 3.63) is 29.5 Å². The summed E-state index contributed by atoms with van der Waals surface area (Å²) < 4.78 is 5.30. The Kier molecular flexibility index (Phi) is 3.80. The van der Waals surface area contributed by atoms with E-state index in [0.717, 1.165) is 21.8 Å². The van der Waals surface area contributed by atoms with E-state index in [0.29, 0.717) is 5.69 Å². The molecule has 0 aliphatic carbocycles. The van der Waals surface area contributed by atoms with Gasteiger partial charge >= 0.3 is 5.97 Å². The first kappa shape index (κ1) is 13.5. The highest BCUT2D eigenvalue weighted by molar-refractivity contribution is 7.98. The number of nitrogens with zero attached hydrogens (tertiary/aromatic N) is 1. The SMILES string of the molecule is COc1cc(-c2cc(C(=O)O)[nH]n2)c(SC)cc1C. The number of carboxylic acids is 1. The van der Waals surface area contributed by atoms with Gasteiger partial charge in [0, 0.05) is 10.5 Å². The topological polar surface area (TPSA) is 75.2 Å². The zero-order valence-corrected chi connectivity index (χ0v) is 11.7. The molecule has 0 unspecified atom stereocenters. The second kappa shape index (κ2) is 5.36. The fourth-order valence-corrected chi connectivity index (χ4v) is 2.50. The zero-order valence-electron chi connectivity index (χ0n) is 10.9. The lowest BCUT2D eigenvalue weighted by Gasteiger charge is -2.10. The number of rotatable bonds is 4. The highest BCUT2D eigenvalue weighted by Crippen LogP contribution is 2.35. The number of carboxylic acid groups (broad SMARTS) is 1. The van der Waals surface area contributed by atoms with Gasteiger partial charge in [0.15, 0.2) is 0 Å². The molecule has 0 saturated carbocycles. The average Bonchev–Trinajstić information content (AvgIpc) is 2.88. The third-order valence-corrected chi connectivity index (χ3v) is 3.58. The van der Waals surface area contributed by atoms with Crippen molar-refractivity contribution in [2.24, 2.45) is 0 Å². The van der Waals surface area contributed by atoms with Gasteiger partial charge in [0.05, 0.1) is 12.8 Å². The van der Waals surface area contributed by atoms with Crippen molar-refractivity contribution in [1.29, 1.82) is 0 Å². The summed E-state index contributed by atoms with van der Waals surface area (Å²) in [7, 11) is 1.61. The van der Waals surface area contributed by atoms with Crippen LogP contribution < -0.4 is 4.74 Å². The van der Waals surface area contributed by atoms with Crippen molar-refractivity contribution in [3.63, 3.8) is 0 Å². The third kappa shape index (κ3) is 2.58. The molecule has 0 aliphatic heterocycles. The fourth-order valence-electron chi connectivity index (χ4n) is 1.82. The Balaban J connectivity index is 2.55. The second-order valence-corrected chi connectivity index (χ2v) is 4.84. The normalized spacial score (nSPS) is 10.5. The van der Waals surface area contributed by atoms with Crippen LogP contribution in [0.2, 0.25) is 0 Å². The Morgan fingerprint density at radius 2 is 2.16 bits per heavy atom. The van der Waals surface area contributed by atoms with Crippen molar-refractivity contribution in [2.75, 3.05) is 13.4 Å². The number of H-pyrrole nitrogens is 1. The zero-order chi connectivity index (χ0) is 14.0. The number of hydrogen-bond acceptors (Lipinski definition) is 4. The highest BCUT2D eigenvalue weighted by atomic mass is 32.2. The van der Waals surface area contributed by atoms with Gasteiger partial charge in [0.1, 0.15) is 11.4 Å². The number of ether oxygens (including phenoxy) is 1. The van der Waals surface area contributed by atoms with Crippen LogP contribution in [-0.2, 0) is 0 Å². The van der Waals surface area contributed by atoms with Gasteiger partial charge in [-0.1, -0.05) is 0 Å². The van der Waals surface area contributed by atoms with Crippen LogP contribution in [0.3, 0.4) is 0 Å². The van der Waals surface area contributed by atoms with E-state index in [-0.39, 0.29) is 5.69 Å². The Hall–Kier alpha value is -1.95. The number of carbonyl (C=O) groups is 1.